The fourth-order valence-corrected chi connectivity index (χ4v) is 2.96. The summed E-state index contributed by atoms with van der Waals surface area (Å²) in [5.74, 6) is 0.801. The first-order chi connectivity index (χ1) is 10.8. The van der Waals surface area contributed by atoms with Gasteiger partial charge in [-0.3, -0.25) is 4.68 Å². The molecule has 1 aliphatic carbocycles. The molecule has 0 aliphatic heterocycles. The van der Waals surface area contributed by atoms with Crippen LogP contribution in [0.15, 0.2) is 41.1 Å². The quantitative estimate of drug-likeness (QED) is 0.806. The fourth-order valence-electron chi connectivity index (χ4n) is 2.96. The molecule has 0 atom stereocenters. The Balaban J connectivity index is 1.57. The summed E-state index contributed by atoms with van der Waals surface area (Å²) in [5.41, 5.74) is 4.42. The number of hydrogen-bond donors (Lipinski definition) is 1. The second-order valence-corrected chi connectivity index (χ2v) is 5.67. The largest absolute Gasteiger partial charge is 0.508 e. The van der Waals surface area contributed by atoms with Crippen molar-refractivity contribution in [3.63, 3.8) is 0 Å². The van der Waals surface area contributed by atoms with Crippen LogP contribution in [0, 0.1) is 0 Å². The Morgan fingerprint density at radius 1 is 1.14 bits per heavy atom. The van der Waals surface area contributed by atoms with Gasteiger partial charge in [0.1, 0.15) is 17.7 Å². The van der Waals surface area contributed by atoms with Crippen molar-refractivity contribution in [3.05, 3.63) is 53.7 Å². The van der Waals surface area contributed by atoms with Crippen LogP contribution < -0.4 is 0 Å². The third-order valence-corrected chi connectivity index (χ3v) is 4.12. The summed E-state index contributed by atoms with van der Waals surface area (Å²) < 4.78 is 7.58. The molecule has 0 saturated carbocycles. The summed E-state index contributed by atoms with van der Waals surface area (Å²) in [4.78, 5) is 4.52. The Morgan fingerprint density at radius 2 is 1.95 bits per heavy atom. The normalized spacial score (nSPS) is 14.0. The Kier molecular flexibility index (Phi) is 3.18. The maximum Gasteiger partial charge on any atom is 0.226 e. The van der Waals surface area contributed by atoms with Gasteiger partial charge >= 0.3 is 0 Å². The molecule has 112 valence electrons. The van der Waals surface area contributed by atoms with Crippen LogP contribution in [-0.2, 0) is 19.4 Å². The molecule has 2 heterocycles. The second-order valence-electron chi connectivity index (χ2n) is 5.67. The summed E-state index contributed by atoms with van der Waals surface area (Å²) in [5, 5.41) is 13.8. The Morgan fingerprint density at radius 3 is 2.82 bits per heavy atom. The maximum absolute atomic E-state index is 9.33. The van der Waals surface area contributed by atoms with Crippen LogP contribution in [-0.4, -0.2) is 19.9 Å². The summed E-state index contributed by atoms with van der Waals surface area (Å²) in [6.07, 6.45) is 8.38. The topological polar surface area (TPSA) is 64.1 Å². The van der Waals surface area contributed by atoms with Gasteiger partial charge in [-0.15, -0.1) is 0 Å². The van der Waals surface area contributed by atoms with E-state index < -0.39 is 0 Å². The molecule has 0 saturated heterocycles. The van der Waals surface area contributed by atoms with E-state index in [1.807, 2.05) is 10.9 Å². The van der Waals surface area contributed by atoms with Crippen LogP contribution in [0.5, 0.6) is 5.75 Å². The molecule has 4 rings (SSSR count). The van der Waals surface area contributed by atoms with Crippen LogP contribution in [0.3, 0.4) is 0 Å². The summed E-state index contributed by atoms with van der Waals surface area (Å²) in [6.45, 7) is 0.636. The van der Waals surface area contributed by atoms with E-state index >= 15 is 0 Å². The van der Waals surface area contributed by atoms with Crippen molar-refractivity contribution in [2.75, 3.05) is 0 Å². The molecule has 0 amide bonds. The highest BCUT2D eigenvalue weighted by molar-refractivity contribution is 5.54. The highest BCUT2D eigenvalue weighted by atomic mass is 16.3. The lowest BCUT2D eigenvalue weighted by molar-refractivity contribution is 0.475. The number of benzene rings is 1. The number of aromatic nitrogens is 3. The second kappa shape index (κ2) is 5.33. The van der Waals surface area contributed by atoms with Gasteiger partial charge in [-0.25, -0.2) is 4.98 Å². The molecule has 0 unspecified atom stereocenters. The molecular weight excluding hydrogens is 278 g/mol. The lowest BCUT2D eigenvalue weighted by atomic mass is 9.98. The SMILES string of the molecule is Oc1ccc(-c2nc(Cn3ncc4c3CCCC4)co2)cc1. The Hall–Kier alpha value is -2.56. The van der Waals surface area contributed by atoms with Gasteiger partial charge in [-0.05, 0) is 55.5 Å². The van der Waals surface area contributed by atoms with E-state index in [0.29, 0.717) is 12.4 Å². The molecule has 22 heavy (non-hydrogen) atoms. The number of fused-ring (bicyclic) bond motifs is 1. The van der Waals surface area contributed by atoms with E-state index in [0.717, 1.165) is 24.1 Å². The van der Waals surface area contributed by atoms with Crippen molar-refractivity contribution in [2.45, 2.75) is 32.2 Å². The van der Waals surface area contributed by atoms with Crippen LogP contribution in [0.4, 0.5) is 0 Å². The van der Waals surface area contributed by atoms with E-state index in [1.54, 1.807) is 30.5 Å². The first-order valence-corrected chi connectivity index (χ1v) is 7.57. The van der Waals surface area contributed by atoms with Gasteiger partial charge in [0, 0.05) is 11.3 Å². The van der Waals surface area contributed by atoms with E-state index in [-0.39, 0.29) is 5.75 Å². The predicted molar refractivity (Wildman–Crippen MR) is 81.6 cm³/mol. The molecule has 2 aromatic heterocycles. The molecule has 0 fully saturated rings. The number of phenols is 1. The number of aromatic hydroxyl groups is 1. The van der Waals surface area contributed by atoms with E-state index in [4.69, 9.17) is 4.42 Å². The molecule has 0 spiro atoms. The Labute approximate surface area is 128 Å². The summed E-state index contributed by atoms with van der Waals surface area (Å²) >= 11 is 0. The molecule has 0 radical (unpaired) electrons. The van der Waals surface area contributed by atoms with Crippen molar-refractivity contribution >= 4 is 0 Å². The minimum absolute atomic E-state index is 0.235. The minimum Gasteiger partial charge on any atom is -0.508 e. The van der Waals surface area contributed by atoms with E-state index in [1.165, 1.54) is 24.1 Å². The zero-order valence-corrected chi connectivity index (χ0v) is 12.2. The van der Waals surface area contributed by atoms with Crippen molar-refractivity contribution in [3.8, 4) is 17.2 Å². The highest BCUT2D eigenvalue weighted by Gasteiger charge is 2.16. The number of aryl methyl sites for hydroxylation is 1. The van der Waals surface area contributed by atoms with E-state index in [2.05, 4.69) is 10.1 Å². The predicted octanol–water partition coefficient (Wildman–Crippen LogP) is 3.17. The van der Waals surface area contributed by atoms with Crippen LogP contribution in [0.25, 0.3) is 11.5 Å². The number of nitrogens with zero attached hydrogens (tertiary/aromatic N) is 3. The third kappa shape index (κ3) is 2.39. The van der Waals surface area contributed by atoms with Crippen molar-refractivity contribution < 1.29 is 9.52 Å². The monoisotopic (exact) mass is 295 g/mol. The Bertz CT molecular complexity index is 787. The van der Waals surface area contributed by atoms with Crippen LogP contribution in [0.2, 0.25) is 0 Å². The molecule has 3 aromatic rings. The van der Waals surface area contributed by atoms with Gasteiger partial charge in [0.25, 0.3) is 0 Å². The van der Waals surface area contributed by atoms with Gasteiger partial charge in [0.15, 0.2) is 0 Å². The van der Waals surface area contributed by atoms with Gasteiger partial charge in [-0.1, -0.05) is 0 Å². The van der Waals surface area contributed by atoms with Crippen molar-refractivity contribution in [1.82, 2.24) is 14.8 Å². The number of oxazole rings is 1. The van der Waals surface area contributed by atoms with Gasteiger partial charge in [0.05, 0.1) is 12.7 Å². The van der Waals surface area contributed by atoms with Crippen LogP contribution in [0.1, 0.15) is 29.8 Å². The summed E-state index contributed by atoms with van der Waals surface area (Å²) in [6, 6.07) is 6.84. The minimum atomic E-state index is 0.235. The zero-order chi connectivity index (χ0) is 14.9. The number of rotatable bonds is 3. The van der Waals surface area contributed by atoms with Gasteiger partial charge < -0.3 is 9.52 Å². The fraction of sp³-hybridized carbons (Fsp3) is 0.294. The molecule has 1 aromatic carbocycles. The van der Waals surface area contributed by atoms with Gasteiger partial charge in [0.2, 0.25) is 5.89 Å². The van der Waals surface area contributed by atoms with Crippen LogP contribution >= 0.6 is 0 Å². The van der Waals surface area contributed by atoms with E-state index in [9.17, 15) is 5.11 Å². The maximum atomic E-state index is 9.33. The lowest BCUT2D eigenvalue weighted by Crippen LogP contribution is -2.10. The van der Waals surface area contributed by atoms with Gasteiger partial charge in [-0.2, -0.15) is 5.10 Å². The molecule has 0 bridgehead atoms. The molecule has 1 aliphatic rings. The molecule has 5 heteroatoms. The smallest absolute Gasteiger partial charge is 0.226 e. The zero-order valence-electron chi connectivity index (χ0n) is 12.2. The average molecular weight is 295 g/mol. The molecule has 1 N–H and O–H groups in total. The average Bonchev–Trinajstić information content (AvgIpc) is 3.16. The van der Waals surface area contributed by atoms with Crippen molar-refractivity contribution in [2.24, 2.45) is 0 Å². The lowest BCUT2D eigenvalue weighted by Gasteiger charge is -2.12. The standard InChI is InChI=1S/C17H17N3O2/c21-15-7-5-12(6-8-15)17-19-14(11-22-17)10-20-16-4-2-1-3-13(16)9-18-20/h5-9,11,21H,1-4,10H2. The molecular formula is C17H17N3O2. The van der Waals surface area contributed by atoms with Crippen molar-refractivity contribution in [1.29, 1.82) is 0 Å². The third-order valence-electron chi connectivity index (χ3n) is 4.12. The first kappa shape index (κ1) is 13.1. The number of hydrogen-bond acceptors (Lipinski definition) is 4. The first-order valence-electron chi connectivity index (χ1n) is 7.57. The number of phenolic OH excluding ortho intramolecular Hbond substituents is 1. The molecule has 5 nitrogen and oxygen atoms in total. The summed E-state index contributed by atoms with van der Waals surface area (Å²) in [7, 11) is 0. The highest BCUT2D eigenvalue weighted by Crippen LogP contribution is 2.23.